The Kier molecular flexibility index (Phi) is 3.12. The van der Waals surface area contributed by atoms with Gasteiger partial charge < -0.3 is 19.2 Å². The van der Waals surface area contributed by atoms with Crippen LogP contribution in [-0.2, 0) is 4.74 Å². The minimum absolute atomic E-state index is 0.191. The van der Waals surface area contributed by atoms with Crippen LogP contribution < -0.4 is 5.46 Å². The Morgan fingerprint density at radius 1 is 1.53 bits per heavy atom. The summed E-state index contributed by atoms with van der Waals surface area (Å²) in [6.45, 7) is 2.00. The third-order valence-electron chi connectivity index (χ3n) is 2.29. The molecule has 0 aliphatic carbocycles. The van der Waals surface area contributed by atoms with Crippen molar-refractivity contribution in [2.75, 3.05) is 6.61 Å². The minimum atomic E-state index is -1.54. The molecule has 2 heterocycles. The molecule has 0 aromatic carbocycles. The molecule has 2 aromatic rings. The van der Waals surface area contributed by atoms with Crippen LogP contribution in [0.5, 0.6) is 0 Å². The average Bonchev–Trinajstić information content (AvgIpc) is 2.71. The van der Waals surface area contributed by atoms with Gasteiger partial charge in [-0.25, -0.2) is 9.78 Å². The summed E-state index contributed by atoms with van der Waals surface area (Å²) in [5.74, 6) is -0.498. The van der Waals surface area contributed by atoms with Gasteiger partial charge in [-0.2, -0.15) is 0 Å². The molecule has 0 bridgehead atoms. The van der Waals surface area contributed by atoms with E-state index in [2.05, 4.69) is 4.98 Å². The maximum absolute atomic E-state index is 11.4. The van der Waals surface area contributed by atoms with Gasteiger partial charge in [0.1, 0.15) is 6.33 Å². The summed E-state index contributed by atoms with van der Waals surface area (Å²) < 4.78 is 6.42. The predicted octanol–water partition coefficient (Wildman–Crippen LogP) is -0.809. The minimum Gasteiger partial charge on any atom is -0.461 e. The van der Waals surface area contributed by atoms with E-state index < -0.39 is 13.1 Å². The standard InChI is InChI=1S/C10H11BN2O4/c1-2-17-10(14)9-4-8-3-7(11(15)16)5-13(8)6-12-9/h3-6,15-16H,2H2,1H3. The van der Waals surface area contributed by atoms with Gasteiger partial charge in [0.15, 0.2) is 5.69 Å². The average molecular weight is 234 g/mol. The molecule has 17 heavy (non-hydrogen) atoms. The molecule has 7 heteroatoms. The van der Waals surface area contributed by atoms with Crippen molar-refractivity contribution in [3.05, 3.63) is 30.4 Å². The van der Waals surface area contributed by atoms with Gasteiger partial charge in [0.05, 0.1) is 6.61 Å². The first-order valence-electron chi connectivity index (χ1n) is 5.12. The Balaban J connectivity index is 2.40. The highest BCUT2D eigenvalue weighted by Gasteiger charge is 2.15. The summed E-state index contributed by atoms with van der Waals surface area (Å²) in [6.07, 6.45) is 2.95. The van der Waals surface area contributed by atoms with E-state index >= 15 is 0 Å². The van der Waals surface area contributed by atoms with Crippen molar-refractivity contribution in [1.82, 2.24) is 9.38 Å². The number of rotatable bonds is 3. The fourth-order valence-electron chi connectivity index (χ4n) is 1.49. The second-order valence-corrected chi connectivity index (χ2v) is 3.47. The van der Waals surface area contributed by atoms with Crippen LogP contribution in [0.3, 0.4) is 0 Å². The largest absolute Gasteiger partial charge is 0.490 e. The lowest BCUT2D eigenvalue weighted by Gasteiger charge is -2.01. The van der Waals surface area contributed by atoms with Gasteiger partial charge >= 0.3 is 13.1 Å². The Hall–Kier alpha value is -1.86. The van der Waals surface area contributed by atoms with Crippen molar-refractivity contribution in [3.63, 3.8) is 0 Å². The Morgan fingerprint density at radius 2 is 2.29 bits per heavy atom. The molecule has 88 valence electrons. The van der Waals surface area contributed by atoms with Gasteiger partial charge in [0.25, 0.3) is 0 Å². The first-order chi connectivity index (χ1) is 8.11. The van der Waals surface area contributed by atoms with Crippen molar-refractivity contribution in [3.8, 4) is 0 Å². The molecule has 0 aliphatic heterocycles. The van der Waals surface area contributed by atoms with Crippen molar-refractivity contribution in [2.24, 2.45) is 0 Å². The van der Waals surface area contributed by atoms with Crippen molar-refractivity contribution in [2.45, 2.75) is 6.92 Å². The second kappa shape index (κ2) is 4.56. The number of nitrogens with zero attached hydrogens (tertiary/aromatic N) is 2. The van der Waals surface area contributed by atoms with E-state index in [1.54, 1.807) is 17.4 Å². The van der Waals surface area contributed by atoms with Gasteiger partial charge in [-0.3, -0.25) is 0 Å². The number of ether oxygens (including phenoxy) is 1. The molecule has 0 radical (unpaired) electrons. The van der Waals surface area contributed by atoms with Crippen LogP contribution in [0.4, 0.5) is 0 Å². The van der Waals surface area contributed by atoms with E-state index in [0.717, 1.165) is 0 Å². The summed E-state index contributed by atoms with van der Waals surface area (Å²) >= 11 is 0. The predicted molar refractivity (Wildman–Crippen MR) is 61.0 cm³/mol. The lowest BCUT2D eigenvalue weighted by molar-refractivity contribution is 0.0519. The summed E-state index contributed by atoms with van der Waals surface area (Å²) in [5.41, 5.74) is 1.18. The number of carbonyl (C=O) groups excluding carboxylic acids is 1. The van der Waals surface area contributed by atoms with Crippen molar-refractivity contribution < 1.29 is 19.6 Å². The van der Waals surface area contributed by atoms with Crippen molar-refractivity contribution >= 4 is 24.1 Å². The van der Waals surface area contributed by atoms with E-state index in [-0.39, 0.29) is 12.3 Å². The molecule has 2 N–H and O–H groups in total. The topological polar surface area (TPSA) is 84.1 Å². The molecule has 0 atom stereocenters. The Bertz CT molecular complexity index is 552. The molecule has 0 saturated carbocycles. The van der Waals surface area contributed by atoms with E-state index in [1.807, 2.05) is 0 Å². The van der Waals surface area contributed by atoms with Crippen LogP contribution in [0, 0.1) is 0 Å². The number of hydrogen-bond acceptors (Lipinski definition) is 5. The van der Waals surface area contributed by atoms with Gasteiger partial charge in [-0.15, -0.1) is 0 Å². The molecule has 0 saturated heterocycles. The monoisotopic (exact) mass is 234 g/mol. The fourth-order valence-corrected chi connectivity index (χ4v) is 1.49. The van der Waals surface area contributed by atoms with E-state index in [4.69, 9.17) is 14.8 Å². The van der Waals surface area contributed by atoms with Crippen LogP contribution in [0.25, 0.3) is 5.52 Å². The third-order valence-corrected chi connectivity index (χ3v) is 2.29. The number of fused-ring (bicyclic) bond motifs is 1. The van der Waals surface area contributed by atoms with Crippen LogP contribution in [0.2, 0.25) is 0 Å². The number of carbonyl (C=O) groups is 1. The van der Waals surface area contributed by atoms with Crippen LogP contribution in [0.1, 0.15) is 17.4 Å². The zero-order valence-corrected chi connectivity index (χ0v) is 9.20. The maximum atomic E-state index is 11.4. The number of hydrogen-bond donors (Lipinski definition) is 2. The van der Waals surface area contributed by atoms with E-state index in [9.17, 15) is 4.79 Å². The quantitative estimate of drug-likeness (QED) is 0.536. The normalized spacial score (nSPS) is 10.5. The summed E-state index contributed by atoms with van der Waals surface area (Å²) in [5, 5.41) is 18.0. The molecule has 0 amide bonds. The fraction of sp³-hybridized carbons (Fsp3) is 0.200. The Labute approximate surface area is 97.6 Å². The van der Waals surface area contributed by atoms with Crippen LogP contribution in [-0.4, -0.2) is 39.1 Å². The molecule has 0 unspecified atom stereocenters. The van der Waals surface area contributed by atoms with Gasteiger partial charge in [0, 0.05) is 17.2 Å². The molecule has 6 nitrogen and oxygen atoms in total. The Morgan fingerprint density at radius 3 is 2.94 bits per heavy atom. The van der Waals surface area contributed by atoms with Gasteiger partial charge in [-0.1, -0.05) is 0 Å². The summed E-state index contributed by atoms with van der Waals surface area (Å²) in [6, 6.07) is 3.10. The molecule has 2 aromatic heterocycles. The summed E-state index contributed by atoms with van der Waals surface area (Å²) in [4.78, 5) is 15.4. The number of aromatic nitrogens is 2. The molecular formula is C10H11BN2O4. The van der Waals surface area contributed by atoms with E-state index in [0.29, 0.717) is 11.0 Å². The lowest BCUT2D eigenvalue weighted by atomic mass is 9.83. The van der Waals surface area contributed by atoms with E-state index in [1.165, 1.54) is 18.6 Å². The first kappa shape index (κ1) is 11.6. The summed E-state index contributed by atoms with van der Waals surface area (Å²) in [7, 11) is -1.54. The molecular weight excluding hydrogens is 223 g/mol. The smallest absolute Gasteiger partial charge is 0.461 e. The van der Waals surface area contributed by atoms with Crippen molar-refractivity contribution in [1.29, 1.82) is 0 Å². The zero-order valence-electron chi connectivity index (χ0n) is 9.20. The van der Waals surface area contributed by atoms with Crippen LogP contribution >= 0.6 is 0 Å². The molecule has 0 fully saturated rings. The van der Waals surface area contributed by atoms with Gasteiger partial charge in [0.2, 0.25) is 0 Å². The lowest BCUT2D eigenvalue weighted by Crippen LogP contribution is -2.28. The highest BCUT2D eigenvalue weighted by molar-refractivity contribution is 6.58. The molecule has 0 spiro atoms. The zero-order chi connectivity index (χ0) is 12.4. The third kappa shape index (κ3) is 2.30. The molecule has 0 aliphatic rings. The highest BCUT2D eigenvalue weighted by Crippen LogP contribution is 2.06. The maximum Gasteiger partial charge on any atom is 0.490 e. The SMILES string of the molecule is CCOC(=O)c1cc2cc(B(O)O)cn2cn1. The second-order valence-electron chi connectivity index (χ2n) is 3.47. The highest BCUT2D eigenvalue weighted by atomic mass is 16.5. The molecule has 2 rings (SSSR count). The number of esters is 1. The first-order valence-corrected chi connectivity index (χ1v) is 5.12. The van der Waals surface area contributed by atoms with Gasteiger partial charge in [-0.05, 0) is 19.1 Å². The van der Waals surface area contributed by atoms with Crippen LogP contribution in [0.15, 0.2) is 24.7 Å².